The Labute approximate surface area is 331 Å². The topological polar surface area (TPSA) is 121 Å². The summed E-state index contributed by atoms with van der Waals surface area (Å²) in [6.45, 7) is 26.4. The highest BCUT2D eigenvalue weighted by atomic mass is 16.5. The number of carbonyl (C=O) groups excluding carboxylic acids is 4. The highest BCUT2D eigenvalue weighted by molar-refractivity contribution is 5.96. The van der Waals surface area contributed by atoms with Crippen molar-refractivity contribution >= 4 is 29.5 Å². The maximum Gasteiger partial charge on any atom is 0.306 e. The standard InChI is InChI=1S/C46H72N2O7/c1-29(2)31-13-18-46(26-37(51)48-23-21-47(22-24-48)36(50)25-30(3)49)20-19-44(9)32(40(31)46)11-12-34-43(8)16-15-35(42(6,7)33(43)14-17-45(34,44)10)55-39(54)28-41(4,5)27-38(52)53/h31-35,40H,1,11-28H2,2-10H3,(H,52,53)/t31-,32+,33-,34+,35-,40+,43-,44+,45+,46+/m0/s1. The van der Waals surface area contributed by atoms with Crippen molar-refractivity contribution in [3.8, 4) is 0 Å². The molecule has 9 heteroatoms. The summed E-state index contributed by atoms with van der Waals surface area (Å²) in [7, 11) is 0. The van der Waals surface area contributed by atoms with Crippen LogP contribution in [0.1, 0.15) is 152 Å². The first-order valence-corrected chi connectivity index (χ1v) is 21.6. The number of carboxylic acid groups (broad SMARTS) is 1. The van der Waals surface area contributed by atoms with Crippen LogP contribution >= 0.6 is 0 Å². The van der Waals surface area contributed by atoms with Crippen LogP contribution in [-0.4, -0.2) is 76.7 Å². The monoisotopic (exact) mass is 765 g/mol. The average molecular weight is 765 g/mol. The molecule has 0 radical (unpaired) electrons. The molecular formula is C46H72N2O7. The van der Waals surface area contributed by atoms with Gasteiger partial charge >= 0.3 is 11.9 Å². The quantitative estimate of drug-likeness (QED) is 0.135. The number of rotatable bonds is 10. The smallest absolute Gasteiger partial charge is 0.306 e. The minimum Gasteiger partial charge on any atom is -0.481 e. The molecule has 0 aromatic rings. The molecule has 308 valence electrons. The van der Waals surface area contributed by atoms with Crippen LogP contribution in [0.5, 0.6) is 0 Å². The van der Waals surface area contributed by atoms with E-state index < -0.39 is 11.4 Å². The zero-order valence-electron chi connectivity index (χ0n) is 35.7. The van der Waals surface area contributed by atoms with Gasteiger partial charge in [0, 0.05) is 38.0 Å². The number of nitrogens with zero attached hydrogens (tertiary/aromatic N) is 2. The summed E-state index contributed by atoms with van der Waals surface area (Å²) in [5.74, 6) is 1.17. The second kappa shape index (κ2) is 14.6. The van der Waals surface area contributed by atoms with Crippen LogP contribution in [0.15, 0.2) is 12.2 Å². The maximum atomic E-state index is 14.2. The van der Waals surface area contributed by atoms with Crippen molar-refractivity contribution in [3.63, 3.8) is 0 Å². The number of allylic oxidation sites excluding steroid dienone is 1. The number of carboxylic acids is 1. The molecule has 5 aliphatic carbocycles. The van der Waals surface area contributed by atoms with Gasteiger partial charge in [0.1, 0.15) is 11.9 Å². The molecule has 1 aliphatic heterocycles. The first kappa shape index (κ1) is 41.9. The number of aliphatic carboxylic acids is 1. The van der Waals surface area contributed by atoms with Crippen molar-refractivity contribution in [3.05, 3.63) is 12.2 Å². The van der Waals surface area contributed by atoms with E-state index >= 15 is 0 Å². The number of esters is 1. The summed E-state index contributed by atoms with van der Waals surface area (Å²) >= 11 is 0. The van der Waals surface area contributed by atoms with Gasteiger partial charge in [-0.1, -0.05) is 60.6 Å². The van der Waals surface area contributed by atoms with Crippen molar-refractivity contribution < 1.29 is 33.8 Å². The Hall–Kier alpha value is -2.71. The van der Waals surface area contributed by atoms with Gasteiger partial charge in [-0.05, 0) is 135 Å². The Balaban J connectivity index is 1.19. The van der Waals surface area contributed by atoms with Crippen LogP contribution in [0.2, 0.25) is 0 Å². The summed E-state index contributed by atoms with van der Waals surface area (Å²) in [6.07, 6.45) is 11.3. The summed E-state index contributed by atoms with van der Waals surface area (Å²) < 4.78 is 6.28. The van der Waals surface area contributed by atoms with E-state index in [4.69, 9.17) is 4.74 Å². The van der Waals surface area contributed by atoms with E-state index in [-0.39, 0.29) is 76.0 Å². The molecule has 10 atom stereocenters. The molecule has 1 heterocycles. The van der Waals surface area contributed by atoms with Gasteiger partial charge in [0.05, 0.1) is 19.3 Å². The average Bonchev–Trinajstić information content (AvgIpc) is 3.45. The third kappa shape index (κ3) is 7.23. The predicted molar refractivity (Wildman–Crippen MR) is 213 cm³/mol. The van der Waals surface area contributed by atoms with Gasteiger partial charge in [-0.3, -0.25) is 24.0 Å². The fourth-order valence-electron chi connectivity index (χ4n) is 14.8. The lowest BCUT2D eigenvalue weighted by Crippen LogP contribution is -2.67. The number of piperazine rings is 1. The van der Waals surface area contributed by atoms with E-state index in [1.807, 2.05) is 18.7 Å². The number of amides is 2. The molecule has 5 saturated carbocycles. The molecule has 0 aromatic heterocycles. The number of ketones is 1. The van der Waals surface area contributed by atoms with Crippen LogP contribution in [0, 0.1) is 62.1 Å². The Morgan fingerprint density at radius 2 is 1.38 bits per heavy atom. The Kier molecular flexibility index (Phi) is 11.1. The number of fused-ring (bicyclic) bond motifs is 7. The van der Waals surface area contributed by atoms with Crippen LogP contribution in [0.25, 0.3) is 0 Å². The van der Waals surface area contributed by atoms with Crippen molar-refractivity contribution in [2.45, 2.75) is 158 Å². The normalized spacial score (nSPS) is 39.5. The summed E-state index contributed by atoms with van der Waals surface area (Å²) in [4.78, 5) is 66.7. The second-order valence-electron chi connectivity index (χ2n) is 21.6. The van der Waals surface area contributed by atoms with Gasteiger partial charge < -0.3 is 19.6 Å². The van der Waals surface area contributed by atoms with Crippen LogP contribution in [-0.2, 0) is 28.7 Å². The molecule has 1 N–H and O–H groups in total. The van der Waals surface area contributed by atoms with Gasteiger partial charge in [-0.25, -0.2) is 0 Å². The SMILES string of the molecule is C=C(C)[C@@H]1CC[C@]2(CC(=O)N3CCN(C(=O)CC(C)=O)CC3)CC[C@]3(C)[C@H](CC[C@@H]4[C@@]5(C)CC[C@H](OC(=O)CC(C)(C)CC(=O)O)C(C)(C)[C@@H]5CC[C@]43C)[C@@H]12. The molecule has 1 saturated heterocycles. The molecule has 55 heavy (non-hydrogen) atoms. The maximum absolute atomic E-state index is 14.2. The summed E-state index contributed by atoms with van der Waals surface area (Å²) in [5, 5.41) is 9.36. The molecule has 0 unspecified atom stereocenters. The van der Waals surface area contributed by atoms with E-state index in [0.717, 1.165) is 51.4 Å². The van der Waals surface area contributed by atoms with Gasteiger partial charge in [-0.15, -0.1) is 0 Å². The van der Waals surface area contributed by atoms with E-state index in [1.165, 1.54) is 25.3 Å². The zero-order chi connectivity index (χ0) is 40.5. The van der Waals surface area contributed by atoms with Gasteiger partial charge in [0.25, 0.3) is 0 Å². The van der Waals surface area contributed by atoms with E-state index in [1.54, 1.807) is 4.90 Å². The Morgan fingerprint density at radius 3 is 1.98 bits per heavy atom. The fourth-order valence-corrected chi connectivity index (χ4v) is 14.8. The molecule has 2 amide bonds. The summed E-state index contributed by atoms with van der Waals surface area (Å²) in [5.41, 5.74) is 0.818. The lowest BCUT2D eigenvalue weighted by atomic mass is 9.32. The Morgan fingerprint density at radius 1 is 0.745 bits per heavy atom. The summed E-state index contributed by atoms with van der Waals surface area (Å²) in [6, 6.07) is 0. The molecule has 6 aliphatic rings. The zero-order valence-corrected chi connectivity index (χ0v) is 35.7. The second-order valence-corrected chi connectivity index (χ2v) is 21.6. The van der Waals surface area contributed by atoms with Crippen molar-refractivity contribution in [2.75, 3.05) is 26.2 Å². The molecular weight excluding hydrogens is 693 g/mol. The molecule has 6 rings (SSSR count). The van der Waals surface area contributed by atoms with Crippen molar-refractivity contribution in [1.82, 2.24) is 9.80 Å². The molecule has 9 nitrogen and oxygen atoms in total. The molecule has 0 bridgehead atoms. The lowest BCUT2D eigenvalue weighted by molar-refractivity contribution is -0.250. The third-order valence-corrected chi connectivity index (χ3v) is 17.6. The lowest BCUT2D eigenvalue weighted by Gasteiger charge is -2.73. The molecule has 0 aromatic carbocycles. The van der Waals surface area contributed by atoms with Gasteiger partial charge in [0.2, 0.25) is 11.8 Å². The first-order chi connectivity index (χ1) is 25.5. The minimum atomic E-state index is -0.895. The van der Waals surface area contributed by atoms with E-state index in [9.17, 15) is 29.1 Å². The highest BCUT2D eigenvalue weighted by Crippen LogP contribution is 2.78. The number of carbonyl (C=O) groups is 5. The number of ether oxygens (including phenoxy) is 1. The predicted octanol–water partition coefficient (Wildman–Crippen LogP) is 8.49. The third-order valence-electron chi connectivity index (χ3n) is 17.6. The van der Waals surface area contributed by atoms with Crippen LogP contribution in [0.3, 0.4) is 0 Å². The van der Waals surface area contributed by atoms with Gasteiger partial charge in [0.15, 0.2) is 0 Å². The Bertz CT molecular complexity index is 1580. The van der Waals surface area contributed by atoms with Crippen molar-refractivity contribution in [2.24, 2.45) is 62.1 Å². The molecule has 0 spiro atoms. The number of hydrogen-bond acceptors (Lipinski definition) is 6. The van der Waals surface area contributed by atoms with E-state index in [0.29, 0.717) is 62.2 Å². The largest absolute Gasteiger partial charge is 0.481 e. The highest BCUT2D eigenvalue weighted by Gasteiger charge is 2.71. The first-order valence-electron chi connectivity index (χ1n) is 21.6. The van der Waals surface area contributed by atoms with Crippen molar-refractivity contribution in [1.29, 1.82) is 0 Å². The van der Waals surface area contributed by atoms with Crippen LogP contribution < -0.4 is 0 Å². The minimum absolute atomic E-state index is 0.0281. The van der Waals surface area contributed by atoms with Gasteiger partial charge in [-0.2, -0.15) is 0 Å². The van der Waals surface area contributed by atoms with E-state index in [2.05, 4.69) is 48.1 Å². The number of hydrogen-bond donors (Lipinski definition) is 1. The number of Topliss-reactive ketones (excluding diaryl/α,β-unsaturated/α-hetero) is 1. The fraction of sp³-hybridized carbons (Fsp3) is 0.848. The molecule has 6 fully saturated rings. The van der Waals surface area contributed by atoms with Crippen LogP contribution in [0.4, 0.5) is 0 Å².